The van der Waals surface area contributed by atoms with Crippen molar-refractivity contribution in [3.63, 3.8) is 0 Å². The van der Waals surface area contributed by atoms with E-state index in [1.165, 1.54) is 18.2 Å². The van der Waals surface area contributed by atoms with Crippen molar-refractivity contribution in [1.29, 1.82) is 0 Å². The molecule has 3 N–H and O–H groups in total. The highest BCUT2D eigenvalue weighted by molar-refractivity contribution is 6.00. The summed E-state index contributed by atoms with van der Waals surface area (Å²) in [4.78, 5) is 36.1. The molecule has 3 rings (SSSR count). The molecule has 0 saturated heterocycles. The third-order valence-corrected chi connectivity index (χ3v) is 5.40. The van der Waals surface area contributed by atoms with E-state index in [1.807, 2.05) is 60.7 Å². The zero-order chi connectivity index (χ0) is 24.3. The molecule has 3 aromatic carbocycles. The summed E-state index contributed by atoms with van der Waals surface area (Å²) >= 11 is 0. The Morgan fingerprint density at radius 2 is 1.50 bits per heavy atom. The van der Waals surface area contributed by atoms with Crippen molar-refractivity contribution < 1.29 is 14.5 Å². The monoisotopic (exact) mass is 457 g/mol. The summed E-state index contributed by atoms with van der Waals surface area (Å²) in [7, 11) is 0. The predicted octanol–water partition coefficient (Wildman–Crippen LogP) is 3.86. The number of nitrogens with two attached hydrogens (primary N) is 1. The van der Waals surface area contributed by atoms with Gasteiger partial charge in [-0.05, 0) is 54.2 Å². The fraction of sp³-hybridized carbons (Fsp3) is 0.185. The summed E-state index contributed by atoms with van der Waals surface area (Å²) in [5.74, 6) is -0.659. The lowest BCUT2D eigenvalue weighted by Crippen LogP contribution is -2.49. The zero-order valence-corrected chi connectivity index (χ0v) is 18.7. The Balaban J connectivity index is 1.69. The Bertz CT molecular complexity index is 1130. The van der Waals surface area contributed by atoms with E-state index < -0.39 is 17.0 Å². The third-order valence-electron chi connectivity index (χ3n) is 5.40. The highest BCUT2D eigenvalue weighted by Crippen LogP contribution is 2.14. The average molecular weight is 458 g/mol. The number of non-ortho nitro benzene ring substituents is 1. The van der Waals surface area contributed by atoms with Gasteiger partial charge in [0.2, 0.25) is 5.91 Å². The van der Waals surface area contributed by atoms with Crippen molar-refractivity contribution in [2.24, 2.45) is 5.73 Å². The SMILES string of the molecule is N[C@@H](Cc1ccccc1)C(=O)N[C@@H](CCc1ccccc1)C(=O)C=Cc1ccc([N+](=O)[O-])cc1. The molecule has 0 radical (unpaired) electrons. The molecular formula is C27H27N3O4. The molecule has 0 aliphatic rings. The maximum Gasteiger partial charge on any atom is 0.269 e. The van der Waals surface area contributed by atoms with E-state index >= 15 is 0 Å². The molecule has 174 valence electrons. The van der Waals surface area contributed by atoms with Gasteiger partial charge >= 0.3 is 0 Å². The molecule has 7 nitrogen and oxygen atoms in total. The third kappa shape index (κ3) is 7.50. The summed E-state index contributed by atoms with van der Waals surface area (Å²) in [6.45, 7) is 0. The summed E-state index contributed by atoms with van der Waals surface area (Å²) in [5, 5.41) is 13.6. The summed E-state index contributed by atoms with van der Waals surface area (Å²) in [6, 6.07) is 23.5. The Morgan fingerprint density at radius 3 is 2.09 bits per heavy atom. The second kappa shape index (κ2) is 12.2. The number of benzene rings is 3. The first-order chi connectivity index (χ1) is 16.4. The molecule has 0 unspecified atom stereocenters. The summed E-state index contributed by atoms with van der Waals surface area (Å²) in [5.41, 5.74) is 8.73. The van der Waals surface area contributed by atoms with Crippen LogP contribution in [0.25, 0.3) is 6.08 Å². The van der Waals surface area contributed by atoms with E-state index in [0.717, 1.165) is 11.1 Å². The Hall–Kier alpha value is -4.10. The highest BCUT2D eigenvalue weighted by Gasteiger charge is 2.22. The molecule has 0 spiro atoms. The molecule has 0 aliphatic carbocycles. The van der Waals surface area contributed by atoms with Crippen molar-refractivity contribution in [1.82, 2.24) is 5.32 Å². The van der Waals surface area contributed by atoms with Gasteiger partial charge in [0.1, 0.15) is 0 Å². The Labute approximate surface area is 198 Å². The lowest BCUT2D eigenvalue weighted by atomic mass is 10.00. The van der Waals surface area contributed by atoms with Crippen LogP contribution < -0.4 is 11.1 Å². The quantitative estimate of drug-likeness (QED) is 0.258. The van der Waals surface area contributed by atoms with Crippen LogP contribution in [0.3, 0.4) is 0 Å². The Morgan fingerprint density at radius 1 is 0.912 bits per heavy atom. The minimum atomic E-state index is -0.784. The number of hydrogen-bond donors (Lipinski definition) is 2. The molecule has 0 aromatic heterocycles. The number of hydrogen-bond acceptors (Lipinski definition) is 5. The second-order valence-electron chi connectivity index (χ2n) is 7.97. The molecule has 0 aliphatic heterocycles. The Kier molecular flexibility index (Phi) is 8.82. The van der Waals surface area contributed by atoms with E-state index in [2.05, 4.69) is 5.32 Å². The van der Waals surface area contributed by atoms with Crippen molar-refractivity contribution in [3.05, 3.63) is 118 Å². The first-order valence-corrected chi connectivity index (χ1v) is 11.0. The number of aryl methyl sites for hydroxylation is 1. The predicted molar refractivity (Wildman–Crippen MR) is 132 cm³/mol. The van der Waals surface area contributed by atoms with Gasteiger partial charge < -0.3 is 11.1 Å². The largest absolute Gasteiger partial charge is 0.345 e. The van der Waals surface area contributed by atoms with Crippen molar-refractivity contribution in [3.8, 4) is 0 Å². The molecule has 2 atom stereocenters. The number of ketones is 1. The normalized spacial score (nSPS) is 12.7. The molecule has 1 amide bonds. The number of carbonyl (C=O) groups is 2. The van der Waals surface area contributed by atoms with Crippen molar-refractivity contribution in [2.45, 2.75) is 31.3 Å². The van der Waals surface area contributed by atoms with E-state index in [-0.39, 0.29) is 17.4 Å². The van der Waals surface area contributed by atoms with Crippen LogP contribution in [0.15, 0.2) is 91.0 Å². The topological polar surface area (TPSA) is 115 Å². The van der Waals surface area contributed by atoms with Gasteiger partial charge in [-0.2, -0.15) is 0 Å². The number of nitro benzene ring substituents is 1. The van der Waals surface area contributed by atoms with Gasteiger partial charge in [-0.3, -0.25) is 19.7 Å². The van der Waals surface area contributed by atoms with E-state index in [4.69, 9.17) is 5.73 Å². The zero-order valence-electron chi connectivity index (χ0n) is 18.7. The maximum atomic E-state index is 13.0. The van der Waals surface area contributed by atoms with Crippen LogP contribution in [0.5, 0.6) is 0 Å². The van der Waals surface area contributed by atoms with Gasteiger partial charge in [0.15, 0.2) is 5.78 Å². The van der Waals surface area contributed by atoms with Gasteiger partial charge in [-0.25, -0.2) is 0 Å². The lowest BCUT2D eigenvalue weighted by Gasteiger charge is -2.19. The van der Waals surface area contributed by atoms with Crippen molar-refractivity contribution in [2.75, 3.05) is 0 Å². The van der Waals surface area contributed by atoms with Gasteiger partial charge in [0, 0.05) is 12.1 Å². The first-order valence-electron chi connectivity index (χ1n) is 11.0. The number of nitrogens with one attached hydrogen (secondary N) is 1. The molecule has 7 heteroatoms. The molecule has 34 heavy (non-hydrogen) atoms. The van der Waals surface area contributed by atoms with Crippen molar-refractivity contribution >= 4 is 23.5 Å². The van der Waals surface area contributed by atoms with Crippen LogP contribution >= 0.6 is 0 Å². The standard InChI is InChI=1S/C27H27N3O4/c28-24(19-22-9-5-2-6-10-22)27(32)29-25(17-13-20-7-3-1-4-8-20)26(31)18-14-21-11-15-23(16-12-21)30(33)34/h1-12,14-16,18,24-25H,13,17,19,28H2,(H,29,32)/t24-,25-/m0/s1. The van der Waals surface area contributed by atoms with Gasteiger partial charge in [-0.15, -0.1) is 0 Å². The lowest BCUT2D eigenvalue weighted by molar-refractivity contribution is -0.384. The van der Waals surface area contributed by atoms with Crippen LogP contribution in [-0.4, -0.2) is 28.7 Å². The minimum absolute atomic E-state index is 0.0242. The number of amides is 1. The summed E-state index contributed by atoms with van der Waals surface area (Å²) < 4.78 is 0. The minimum Gasteiger partial charge on any atom is -0.345 e. The summed E-state index contributed by atoms with van der Waals surface area (Å²) in [6.07, 6.45) is 4.36. The smallest absolute Gasteiger partial charge is 0.269 e. The van der Waals surface area contributed by atoms with E-state index in [1.54, 1.807) is 18.2 Å². The molecule has 0 bridgehead atoms. The van der Waals surface area contributed by atoms with E-state index in [0.29, 0.717) is 24.8 Å². The second-order valence-corrected chi connectivity index (χ2v) is 7.97. The first kappa shape index (κ1) is 24.5. The van der Waals surface area contributed by atoms with Crippen LogP contribution in [0.1, 0.15) is 23.1 Å². The molecule has 0 heterocycles. The number of carbonyl (C=O) groups excluding carboxylic acids is 2. The fourth-order valence-electron chi connectivity index (χ4n) is 3.48. The number of nitro groups is 1. The maximum absolute atomic E-state index is 13.0. The fourth-order valence-corrected chi connectivity index (χ4v) is 3.48. The highest BCUT2D eigenvalue weighted by atomic mass is 16.6. The van der Waals surface area contributed by atoms with Gasteiger partial charge in [-0.1, -0.05) is 66.7 Å². The molecule has 0 saturated carbocycles. The van der Waals surface area contributed by atoms with Crippen LogP contribution in [0.2, 0.25) is 0 Å². The van der Waals surface area contributed by atoms with Gasteiger partial charge in [0.05, 0.1) is 17.0 Å². The molecular weight excluding hydrogens is 430 g/mol. The average Bonchev–Trinajstić information content (AvgIpc) is 2.86. The number of rotatable bonds is 11. The van der Waals surface area contributed by atoms with Crippen LogP contribution in [0.4, 0.5) is 5.69 Å². The molecule has 3 aromatic rings. The van der Waals surface area contributed by atoms with Gasteiger partial charge in [0.25, 0.3) is 5.69 Å². The molecule has 0 fully saturated rings. The van der Waals surface area contributed by atoms with Crippen LogP contribution in [-0.2, 0) is 22.4 Å². The van der Waals surface area contributed by atoms with E-state index in [9.17, 15) is 19.7 Å². The number of nitrogens with zero attached hydrogens (tertiary/aromatic N) is 1. The van der Waals surface area contributed by atoms with Crippen LogP contribution in [0, 0.1) is 10.1 Å².